The summed E-state index contributed by atoms with van der Waals surface area (Å²) < 4.78 is 39.3. The highest BCUT2D eigenvalue weighted by Gasteiger charge is 2.36. The molecule has 1 aliphatic carbocycles. The van der Waals surface area contributed by atoms with Gasteiger partial charge in [0.15, 0.2) is 0 Å². The molecule has 0 spiro atoms. The molecule has 1 saturated carbocycles. The van der Waals surface area contributed by atoms with Crippen molar-refractivity contribution < 1.29 is 13.2 Å². The number of pyridine rings is 1. The highest BCUT2D eigenvalue weighted by molar-refractivity contribution is 9.10. The number of nitrogens with zero attached hydrogens (tertiary/aromatic N) is 1. The van der Waals surface area contributed by atoms with Crippen LogP contribution in [0, 0.1) is 0 Å². The van der Waals surface area contributed by atoms with Crippen LogP contribution >= 0.6 is 27.7 Å². The van der Waals surface area contributed by atoms with E-state index >= 15 is 0 Å². The van der Waals surface area contributed by atoms with Crippen molar-refractivity contribution in [3.8, 4) is 0 Å². The zero-order valence-electron chi connectivity index (χ0n) is 10.3. The van der Waals surface area contributed by atoms with E-state index < -0.39 is 11.7 Å². The van der Waals surface area contributed by atoms with E-state index in [2.05, 4.69) is 26.2 Å². The molecule has 1 fully saturated rings. The van der Waals surface area contributed by atoms with E-state index in [9.17, 15) is 13.2 Å². The summed E-state index contributed by atoms with van der Waals surface area (Å²) in [5.74, 6) is -0.0679. The predicted octanol–water partition coefficient (Wildman–Crippen LogP) is 4.56. The lowest BCUT2D eigenvalue weighted by atomic mass is 10.2. The Labute approximate surface area is 122 Å². The van der Waals surface area contributed by atoms with Crippen LogP contribution in [-0.4, -0.2) is 22.5 Å². The molecule has 0 aliphatic heterocycles. The molecule has 2 atom stereocenters. The molecule has 7 heteroatoms. The van der Waals surface area contributed by atoms with E-state index in [1.165, 1.54) is 6.20 Å². The van der Waals surface area contributed by atoms with Gasteiger partial charge >= 0.3 is 6.18 Å². The quantitative estimate of drug-likeness (QED) is 0.861. The standard InChI is InChI=1S/C12H14BrF3N2S/c1-19-10-4-2-3-9(10)18-11-8(12(14,15)16)5-7(13)6-17-11/h5-6,9-10H,2-4H2,1H3,(H,17,18). The predicted molar refractivity (Wildman–Crippen MR) is 75.5 cm³/mol. The van der Waals surface area contributed by atoms with Gasteiger partial charge in [0.1, 0.15) is 5.82 Å². The average Bonchev–Trinajstić information content (AvgIpc) is 2.77. The second kappa shape index (κ2) is 5.91. The van der Waals surface area contributed by atoms with Gasteiger partial charge in [-0.05, 0) is 41.1 Å². The molecule has 2 rings (SSSR count). The molecule has 19 heavy (non-hydrogen) atoms. The first-order valence-corrected chi connectivity index (χ1v) is 8.02. The van der Waals surface area contributed by atoms with Gasteiger partial charge in [-0.3, -0.25) is 0 Å². The monoisotopic (exact) mass is 354 g/mol. The Hall–Kier alpha value is -0.430. The zero-order chi connectivity index (χ0) is 14.0. The first-order chi connectivity index (χ1) is 8.91. The Morgan fingerprint density at radius 1 is 1.42 bits per heavy atom. The van der Waals surface area contributed by atoms with Crippen molar-refractivity contribution >= 4 is 33.5 Å². The van der Waals surface area contributed by atoms with Gasteiger partial charge in [-0.25, -0.2) is 4.98 Å². The van der Waals surface area contributed by atoms with Crippen LogP contribution in [0.25, 0.3) is 0 Å². The molecule has 2 nitrogen and oxygen atoms in total. The molecule has 1 aromatic rings. The number of nitrogens with one attached hydrogen (secondary N) is 1. The van der Waals surface area contributed by atoms with Crippen LogP contribution in [0.4, 0.5) is 19.0 Å². The Kier molecular flexibility index (Phi) is 4.66. The minimum atomic E-state index is -4.40. The maximum absolute atomic E-state index is 13.0. The summed E-state index contributed by atoms with van der Waals surface area (Å²) in [5, 5.41) is 3.32. The summed E-state index contributed by atoms with van der Waals surface area (Å²) >= 11 is 4.73. The number of hydrogen-bond donors (Lipinski definition) is 1. The fourth-order valence-electron chi connectivity index (χ4n) is 2.32. The minimum Gasteiger partial charge on any atom is -0.366 e. The van der Waals surface area contributed by atoms with Crippen molar-refractivity contribution in [2.24, 2.45) is 0 Å². The molecule has 0 bridgehead atoms. The molecular weight excluding hydrogens is 341 g/mol. The summed E-state index contributed by atoms with van der Waals surface area (Å²) in [6.07, 6.45) is 1.95. The van der Waals surface area contributed by atoms with Gasteiger partial charge in [-0.15, -0.1) is 0 Å². The van der Waals surface area contributed by atoms with Crippen LogP contribution in [-0.2, 0) is 6.18 Å². The third-order valence-corrected chi connectivity index (χ3v) is 4.84. The molecule has 106 valence electrons. The van der Waals surface area contributed by atoms with Crippen molar-refractivity contribution in [2.75, 3.05) is 11.6 Å². The van der Waals surface area contributed by atoms with Crippen LogP contribution in [0.1, 0.15) is 24.8 Å². The van der Waals surface area contributed by atoms with Gasteiger partial charge in [0, 0.05) is 22.0 Å². The SMILES string of the molecule is CSC1CCCC1Nc1ncc(Br)cc1C(F)(F)F. The Balaban J connectivity index is 2.25. The molecule has 0 amide bonds. The van der Waals surface area contributed by atoms with Crippen molar-refractivity contribution in [1.29, 1.82) is 0 Å². The van der Waals surface area contributed by atoms with Crippen molar-refractivity contribution in [3.63, 3.8) is 0 Å². The first kappa shape index (κ1) is 15.0. The van der Waals surface area contributed by atoms with Gasteiger partial charge in [-0.2, -0.15) is 24.9 Å². The molecule has 0 aromatic carbocycles. The normalized spacial score (nSPS) is 23.6. The van der Waals surface area contributed by atoms with Gasteiger partial charge < -0.3 is 5.32 Å². The lowest BCUT2D eigenvalue weighted by Gasteiger charge is -2.22. The van der Waals surface area contributed by atoms with Crippen molar-refractivity contribution in [2.45, 2.75) is 36.7 Å². The maximum Gasteiger partial charge on any atom is 0.419 e. The summed E-state index contributed by atoms with van der Waals surface area (Å²) in [7, 11) is 0. The number of halogens is 4. The largest absolute Gasteiger partial charge is 0.419 e. The van der Waals surface area contributed by atoms with Gasteiger partial charge in [0.25, 0.3) is 0 Å². The van der Waals surface area contributed by atoms with Gasteiger partial charge in [-0.1, -0.05) is 6.42 Å². The minimum absolute atomic E-state index is 0.0600. The van der Waals surface area contributed by atoms with Gasteiger partial charge in [0.05, 0.1) is 5.56 Å². The third-order valence-electron chi connectivity index (χ3n) is 3.24. The smallest absolute Gasteiger partial charge is 0.366 e. The van der Waals surface area contributed by atoms with E-state index in [1.807, 2.05) is 6.26 Å². The van der Waals surface area contributed by atoms with Gasteiger partial charge in [0.2, 0.25) is 0 Å². The zero-order valence-corrected chi connectivity index (χ0v) is 12.7. The highest BCUT2D eigenvalue weighted by atomic mass is 79.9. The number of hydrogen-bond acceptors (Lipinski definition) is 3. The molecule has 0 radical (unpaired) electrons. The van der Waals surface area contributed by atoms with Crippen molar-refractivity contribution in [3.05, 3.63) is 22.3 Å². The fraction of sp³-hybridized carbons (Fsp3) is 0.583. The number of anilines is 1. The Bertz CT molecular complexity index is 453. The molecule has 2 unspecified atom stereocenters. The van der Waals surface area contributed by atoms with Crippen molar-refractivity contribution in [1.82, 2.24) is 4.98 Å². The fourth-order valence-corrected chi connectivity index (χ4v) is 3.59. The molecular formula is C12H14BrF3N2S. The average molecular weight is 355 g/mol. The Morgan fingerprint density at radius 2 is 2.16 bits per heavy atom. The molecule has 1 aliphatic rings. The topological polar surface area (TPSA) is 24.9 Å². The summed E-state index contributed by atoms with van der Waals surface area (Å²) in [4.78, 5) is 3.89. The second-order valence-electron chi connectivity index (χ2n) is 4.50. The van der Waals surface area contributed by atoms with E-state index in [0.29, 0.717) is 9.72 Å². The van der Waals surface area contributed by atoms with Crippen LogP contribution in [0.2, 0.25) is 0 Å². The van der Waals surface area contributed by atoms with Crippen LogP contribution < -0.4 is 5.32 Å². The maximum atomic E-state index is 13.0. The molecule has 0 saturated heterocycles. The summed E-state index contributed by atoms with van der Waals surface area (Å²) in [6, 6.07) is 1.13. The Morgan fingerprint density at radius 3 is 2.79 bits per heavy atom. The molecule has 1 aromatic heterocycles. The van der Waals surface area contributed by atoms with E-state index in [4.69, 9.17) is 0 Å². The first-order valence-electron chi connectivity index (χ1n) is 5.94. The van der Waals surface area contributed by atoms with Crippen LogP contribution in [0.5, 0.6) is 0 Å². The molecule has 1 heterocycles. The van der Waals surface area contributed by atoms with Crippen LogP contribution in [0.15, 0.2) is 16.7 Å². The molecule has 1 N–H and O–H groups in total. The van der Waals surface area contributed by atoms with E-state index in [1.54, 1.807) is 11.8 Å². The second-order valence-corrected chi connectivity index (χ2v) is 6.50. The van der Waals surface area contributed by atoms with Crippen LogP contribution in [0.3, 0.4) is 0 Å². The number of alkyl halides is 3. The lowest BCUT2D eigenvalue weighted by molar-refractivity contribution is -0.137. The lowest BCUT2D eigenvalue weighted by Crippen LogP contribution is -2.27. The number of thioether (sulfide) groups is 1. The van der Waals surface area contributed by atoms with E-state index in [0.717, 1.165) is 25.3 Å². The summed E-state index contributed by atoms with van der Waals surface area (Å²) in [6.45, 7) is 0. The number of rotatable bonds is 3. The number of aromatic nitrogens is 1. The van der Waals surface area contributed by atoms with E-state index in [-0.39, 0.29) is 11.9 Å². The summed E-state index contributed by atoms with van der Waals surface area (Å²) in [5.41, 5.74) is -0.714. The third kappa shape index (κ3) is 3.56. The highest BCUT2D eigenvalue weighted by Crippen LogP contribution is 2.37.